The number of phenols is 1. The Morgan fingerprint density at radius 3 is 2.39 bits per heavy atom. The zero-order valence-corrected chi connectivity index (χ0v) is 12.2. The van der Waals surface area contributed by atoms with Crippen molar-refractivity contribution in [2.45, 2.75) is 31.2 Å². The molecular formula is C16H18O7. The lowest BCUT2D eigenvalue weighted by Crippen LogP contribution is -2.48. The molecule has 0 amide bonds. The van der Waals surface area contributed by atoms with Crippen LogP contribution in [0.5, 0.6) is 5.75 Å². The highest BCUT2D eigenvalue weighted by atomic mass is 16.6. The maximum atomic E-state index is 11.8. The maximum Gasteiger partial charge on any atom is 0.331 e. The van der Waals surface area contributed by atoms with Crippen molar-refractivity contribution in [2.75, 3.05) is 0 Å². The third-order valence-electron chi connectivity index (χ3n) is 3.74. The fourth-order valence-electron chi connectivity index (χ4n) is 2.45. The van der Waals surface area contributed by atoms with Crippen molar-refractivity contribution in [3.8, 4) is 5.75 Å². The van der Waals surface area contributed by atoms with Crippen molar-refractivity contribution in [3.63, 3.8) is 0 Å². The largest absolute Gasteiger partial charge is 0.508 e. The van der Waals surface area contributed by atoms with E-state index >= 15 is 0 Å². The van der Waals surface area contributed by atoms with E-state index in [1.165, 1.54) is 18.2 Å². The van der Waals surface area contributed by atoms with E-state index in [0.717, 1.165) is 6.08 Å². The highest BCUT2D eigenvalue weighted by molar-refractivity contribution is 5.87. The Labute approximate surface area is 132 Å². The Hall–Kier alpha value is -2.38. The first kappa shape index (κ1) is 17.0. The number of esters is 1. The predicted octanol–water partition coefficient (Wildman–Crippen LogP) is 0.534. The first-order chi connectivity index (χ1) is 10.9. The van der Waals surface area contributed by atoms with E-state index in [-0.39, 0.29) is 18.6 Å². The molecule has 0 spiro atoms. The number of hydrogen-bond donors (Lipinski definition) is 4. The SMILES string of the molecule is O=C(/C=C/c1ccc(O)cc1)O[C@@H]1C[C@H](C(=O)O)C[C@@H](O)[C@H]1O. The van der Waals surface area contributed by atoms with Crippen LogP contribution in [0.3, 0.4) is 0 Å². The molecule has 0 unspecified atom stereocenters. The molecule has 4 atom stereocenters. The molecule has 0 aliphatic heterocycles. The van der Waals surface area contributed by atoms with Gasteiger partial charge in [0.05, 0.1) is 12.0 Å². The second-order valence-corrected chi connectivity index (χ2v) is 5.46. The van der Waals surface area contributed by atoms with Crippen LogP contribution in [0.4, 0.5) is 0 Å². The number of carbonyl (C=O) groups excluding carboxylic acids is 1. The van der Waals surface area contributed by atoms with Crippen LogP contribution in [-0.4, -0.2) is 50.7 Å². The number of ether oxygens (including phenoxy) is 1. The molecule has 124 valence electrons. The average Bonchev–Trinajstić information content (AvgIpc) is 2.51. The van der Waals surface area contributed by atoms with Crippen LogP contribution in [0, 0.1) is 5.92 Å². The van der Waals surface area contributed by atoms with E-state index in [2.05, 4.69) is 0 Å². The predicted molar refractivity (Wildman–Crippen MR) is 79.4 cm³/mol. The number of aromatic hydroxyl groups is 1. The number of hydrogen-bond acceptors (Lipinski definition) is 6. The van der Waals surface area contributed by atoms with Crippen LogP contribution in [0.15, 0.2) is 30.3 Å². The molecule has 1 aliphatic rings. The number of rotatable bonds is 4. The second kappa shape index (κ2) is 7.26. The monoisotopic (exact) mass is 322 g/mol. The summed E-state index contributed by atoms with van der Waals surface area (Å²) in [4.78, 5) is 22.8. The standard InChI is InChI=1S/C16H18O7/c17-11-4-1-9(2-5-11)3-6-14(19)23-13-8-10(16(21)22)7-12(18)15(13)20/h1-6,10,12-13,15,17-18,20H,7-8H2,(H,21,22)/b6-3+/t10-,12-,13-,15-/m1/s1. The van der Waals surface area contributed by atoms with E-state index in [1.54, 1.807) is 12.1 Å². The first-order valence-corrected chi connectivity index (χ1v) is 7.13. The topological polar surface area (TPSA) is 124 Å². The van der Waals surface area contributed by atoms with Gasteiger partial charge in [-0.25, -0.2) is 4.79 Å². The first-order valence-electron chi connectivity index (χ1n) is 7.13. The summed E-state index contributed by atoms with van der Waals surface area (Å²) in [7, 11) is 0. The number of aliphatic hydroxyl groups is 2. The van der Waals surface area contributed by atoms with E-state index in [4.69, 9.17) is 14.9 Å². The van der Waals surface area contributed by atoms with Crippen LogP contribution in [0.25, 0.3) is 6.08 Å². The van der Waals surface area contributed by atoms with Gasteiger partial charge in [-0.15, -0.1) is 0 Å². The Kier molecular flexibility index (Phi) is 5.36. The lowest BCUT2D eigenvalue weighted by molar-refractivity contribution is -0.169. The molecule has 2 rings (SSSR count). The molecule has 0 heterocycles. The number of carboxylic acids is 1. The van der Waals surface area contributed by atoms with Crippen LogP contribution in [-0.2, 0) is 14.3 Å². The number of carboxylic acid groups (broad SMARTS) is 1. The average molecular weight is 322 g/mol. The number of carbonyl (C=O) groups is 2. The number of aliphatic hydroxyl groups excluding tert-OH is 2. The summed E-state index contributed by atoms with van der Waals surface area (Å²) in [5, 5.41) is 37.7. The Balaban J connectivity index is 1.97. The van der Waals surface area contributed by atoms with E-state index in [0.29, 0.717) is 5.56 Å². The molecular weight excluding hydrogens is 304 g/mol. The molecule has 1 aliphatic carbocycles. The summed E-state index contributed by atoms with van der Waals surface area (Å²) in [5.41, 5.74) is 0.660. The van der Waals surface area contributed by atoms with Crippen LogP contribution in [0.2, 0.25) is 0 Å². The molecule has 7 nitrogen and oxygen atoms in total. The Morgan fingerprint density at radius 1 is 1.13 bits per heavy atom. The highest BCUT2D eigenvalue weighted by Crippen LogP contribution is 2.27. The zero-order chi connectivity index (χ0) is 17.0. The minimum Gasteiger partial charge on any atom is -0.508 e. The second-order valence-electron chi connectivity index (χ2n) is 5.46. The van der Waals surface area contributed by atoms with Crippen LogP contribution in [0.1, 0.15) is 18.4 Å². The van der Waals surface area contributed by atoms with Gasteiger partial charge in [0.25, 0.3) is 0 Å². The van der Waals surface area contributed by atoms with Crippen molar-refractivity contribution in [2.24, 2.45) is 5.92 Å². The molecule has 1 saturated carbocycles. The molecule has 0 radical (unpaired) electrons. The van der Waals surface area contributed by atoms with Gasteiger partial charge >= 0.3 is 11.9 Å². The molecule has 0 aromatic heterocycles. The van der Waals surface area contributed by atoms with Gasteiger partial charge in [-0.3, -0.25) is 4.79 Å². The third kappa shape index (κ3) is 4.54. The van der Waals surface area contributed by atoms with Crippen LogP contribution >= 0.6 is 0 Å². The van der Waals surface area contributed by atoms with Crippen molar-refractivity contribution in [3.05, 3.63) is 35.9 Å². The smallest absolute Gasteiger partial charge is 0.331 e. The third-order valence-corrected chi connectivity index (χ3v) is 3.74. The normalized spacial score (nSPS) is 27.7. The number of aliphatic carboxylic acids is 1. The molecule has 0 saturated heterocycles. The van der Waals surface area contributed by atoms with Gasteiger partial charge in [-0.2, -0.15) is 0 Å². The summed E-state index contributed by atoms with van der Waals surface area (Å²) in [5.74, 6) is -2.62. The quantitative estimate of drug-likeness (QED) is 0.471. The molecule has 1 aromatic rings. The van der Waals surface area contributed by atoms with Crippen LogP contribution < -0.4 is 0 Å². The highest BCUT2D eigenvalue weighted by Gasteiger charge is 2.40. The summed E-state index contributed by atoms with van der Waals surface area (Å²) in [6.07, 6.45) is -1.16. The number of benzene rings is 1. The van der Waals surface area contributed by atoms with E-state index in [9.17, 15) is 19.8 Å². The molecule has 23 heavy (non-hydrogen) atoms. The van der Waals surface area contributed by atoms with E-state index < -0.39 is 36.2 Å². The lowest BCUT2D eigenvalue weighted by Gasteiger charge is -2.34. The minimum absolute atomic E-state index is 0.0493. The van der Waals surface area contributed by atoms with Crippen molar-refractivity contribution < 1.29 is 34.8 Å². The Morgan fingerprint density at radius 2 is 1.78 bits per heavy atom. The summed E-state index contributed by atoms with van der Waals surface area (Å²) < 4.78 is 5.05. The molecule has 7 heteroatoms. The number of phenolic OH excluding ortho intramolecular Hbond substituents is 1. The van der Waals surface area contributed by atoms with E-state index in [1.807, 2.05) is 0 Å². The van der Waals surface area contributed by atoms with Gasteiger partial charge in [-0.1, -0.05) is 12.1 Å². The fourth-order valence-corrected chi connectivity index (χ4v) is 2.45. The summed E-state index contributed by atoms with van der Waals surface area (Å²) in [6.45, 7) is 0. The minimum atomic E-state index is -1.31. The lowest BCUT2D eigenvalue weighted by atomic mass is 9.83. The molecule has 1 fully saturated rings. The summed E-state index contributed by atoms with van der Waals surface area (Å²) in [6, 6.07) is 6.12. The van der Waals surface area contributed by atoms with Gasteiger partial charge in [0.2, 0.25) is 0 Å². The van der Waals surface area contributed by atoms with Gasteiger partial charge < -0.3 is 25.2 Å². The van der Waals surface area contributed by atoms with Gasteiger partial charge in [-0.05, 0) is 30.2 Å². The Bertz CT molecular complexity index is 593. The van der Waals surface area contributed by atoms with Gasteiger partial charge in [0, 0.05) is 12.5 Å². The van der Waals surface area contributed by atoms with Crippen molar-refractivity contribution in [1.82, 2.24) is 0 Å². The van der Waals surface area contributed by atoms with Gasteiger partial charge in [0.1, 0.15) is 18.0 Å². The van der Waals surface area contributed by atoms with Crippen molar-refractivity contribution in [1.29, 1.82) is 0 Å². The zero-order valence-electron chi connectivity index (χ0n) is 12.2. The summed E-state index contributed by atoms with van der Waals surface area (Å²) >= 11 is 0. The molecule has 4 N–H and O–H groups in total. The van der Waals surface area contributed by atoms with Crippen molar-refractivity contribution >= 4 is 18.0 Å². The maximum absolute atomic E-state index is 11.8. The fraction of sp³-hybridized carbons (Fsp3) is 0.375. The van der Waals surface area contributed by atoms with Gasteiger partial charge in [0.15, 0.2) is 0 Å². The molecule has 1 aromatic carbocycles. The molecule has 0 bridgehead atoms.